The second kappa shape index (κ2) is 3.98. The Kier molecular flexibility index (Phi) is 3.25. The summed E-state index contributed by atoms with van der Waals surface area (Å²) < 4.78 is 51.2. The zero-order valence-electron chi connectivity index (χ0n) is 7.57. The number of aryl methyl sites for hydroxylation is 1. The van der Waals surface area contributed by atoms with Crippen LogP contribution in [0.25, 0.3) is 0 Å². The molecule has 0 heterocycles. The van der Waals surface area contributed by atoms with E-state index in [2.05, 4.69) is 11.6 Å². The Bertz CT molecular complexity index is 375. The number of halogens is 5. The highest BCUT2D eigenvalue weighted by Crippen LogP contribution is 2.37. The molecule has 0 saturated carbocycles. The first-order valence-corrected chi connectivity index (χ1v) is 4.32. The van der Waals surface area contributed by atoms with Gasteiger partial charge in [-0.3, -0.25) is 0 Å². The largest absolute Gasteiger partial charge is 0.380 e. The van der Waals surface area contributed by atoms with Crippen molar-refractivity contribution in [2.24, 2.45) is 0 Å². The lowest BCUT2D eigenvalue weighted by Crippen LogP contribution is -2.21. The van der Waals surface area contributed by atoms with Crippen molar-refractivity contribution >= 4 is 11.6 Å². The fourth-order valence-electron chi connectivity index (χ4n) is 1.09. The molecular weight excluding hydrogens is 236 g/mol. The highest BCUT2D eigenvalue weighted by Gasteiger charge is 2.40. The summed E-state index contributed by atoms with van der Waals surface area (Å²) in [4.78, 5) is 0. The molecule has 84 valence electrons. The van der Waals surface area contributed by atoms with E-state index in [-0.39, 0.29) is 5.56 Å². The molecule has 0 aliphatic rings. The average molecular weight is 243 g/mol. The number of aliphatic hydroxyl groups is 1. The first-order chi connectivity index (χ1) is 6.75. The molecule has 1 nitrogen and oxygen atoms in total. The summed E-state index contributed by atoms with van der Waals surface area (Å²) in [5, 5.41) is 4.87. The molecule has 0 aliphatic heterocycles. The molecule has 0 aromatic heterocycles. The second-order valence-corrected chi connectivity index (χ2v) is 3.54. The Balaban J connectivity index is 3.31. The molecule has 0 spiro atoms. The van der Waals surface area contributed by atoms with Crippen molar-refractivity contribution in [2.45, 2.75) is 18.4 Å². The Hall–Kier alpha value is -0.810. The van der Waals surface area contributed by atoms with Crippen LogP contribution in [0.5, 0.6) is 0 Å². The summed E-state index contributed by atoms with van der Waals surface area (Å²) in [5.74, 6) is -2.48. The van der Waals surface area contributed by atoms with E-state index in [4.69, 9.17) is 5.11 Å². The third-order valence-electron chi connectivity index (χ3n) is 1.90. The summed E-state index contributed by atoms with van der Waals surface area (Å²) in [6, 6.07) is 1.87. The fraction of sp³-hybridized carbons (Fsp3) is 0.333. The van der Waals surface area contributed by atoms with Gasteiger partial charge in [0.1, 0.15) is 11.6 Å². The first-order valence-electron chi connectivity index (χ1n) is 3.94. The molecule has 15 heavy (non-hydrogen) atoms. The van der Waals surface area contributed by atoms with E-state index in [1.54, 1.807) is 0 Å². The third kappa shape index (κ3) is 2.41. The van der Waals surface area contributed by atoms with Crippen LogP contribution in [0, 0.1) is 18.6 Å². The lowest BCUT2D eigenvalue weighted by atomic mass is 10.0. The van der Waals surface area contributed by atoms with Crippen molar-refractivity contribution < 1.29 is 22.7 Å². The lowest BCUT2D eigenvalue weighted by Gasteiger charge is -2.18. The van der Waals surface area contributed by atoms with Gasteiger partial charge >= 0.3 is 5.38 Å². The van der Waals surface area contributed by atoms with Gasteiger partial charge in [-0.25, -0.2) is 8.78 Å². The van der Waals surface area contributed by atoms with Crippen LogP contribution in [-0.4, -0.2) is 10.5 Å². The molecule has 1 aromatic carbocycles. The summed E-state index contributed by atoms with van der Waals surface area (Å²) in [5.41, 5.74) is -1.17. The summed E-state index contributed by atoms with van der Waals surface area (Å²) in [6.45, 7) is 1.26. The maximum atomic E-state index is 13.3. The zero-order valence-corrected chi connectivity index (χ0v) is 8.33. The van der Waals surface area contributed by atoms with Gasteiger partial charge in [0, 0.05) is 0 Å². The van der Waals surface area contributed by atoms with Crippen LogP contribution in [0.15, 0.2) is 12.1 Å². The summed E-state index contributed by atoms with van der Waals surface area (Å²) in [6.07, 6.45) is -2.71. The fourth-order valence-corrected chi connectivity index (χ4v) is 1.20. The molecule has 1 N–H and O–H groups in total. The van der Waals surface area contributed by atoms with Gasteiger partial charge < -0.3 is 5.11 Å². The Morgan fingerprint density at radius 2 is 1.87 bits per heavy atom. The maximum absolute atomic E-state index is 13.3. The first kappa shape index (κ1) is 12.3. The predicted molar refractivity (Wildman–Crippen MR) is 46.9 cm³/mol. The Labute approximate surface area is 88.3 Å². The van der Waals surface area contributed by atoms with Crippen LogP contribution < -0.4 is 0 Å². The minimum atomic E-state index is -4.12. The Morgan fingerprint density at radius 3 is 2.33 bits per heavy atom. The standard InChI is InChI=1S/C9H7ClF4O/c1-4-2-3-5(11)6(7(4)12)8(15)9(10,13)14/h2-3,8,15H,1H3. The predicted octanol–water partition coefficient (Wildman–Crippen LogP) is 3.14. The molecule has 1 atom stereocenters. The van der Waals surface area contributed by atoms with E-state index in [9.17, 15) is 17.6 Å². The highest BCUT2D eigenvalue weighted by molar-refractivity contribution is 6.22. The molecule has 0 aliphatic carbocycles. The summed E-state index contributed by atoms with van der Waals surface area (Å²) >= 11 is 4.50. The Morgan fingerprint density at radius 1 is 1.33 bits per heavy atom. The number of aliphatic hydroxyl groups excluding tert-OH is 1. The van der Waals surface area contributed by atoms with Crippen molar-refractivity contribution in [1.82, 2.24) is 0 Å². The molecule has 1 unspecified atom stereocenters. The van der Waals surface area contributed by atoms with E-state index in [0.717, 1.165) is 12.1 Å². The monoisotopic (exact) mass is 242 g/mol. The molecule has 0 radical (unpaired) electrons. The van der Waals surface area contributed by atoms with Gasteiger partial charge in [-0.1, -0.05) is 6.07 Å². The second-order valence-electron chi connectivity index (χ2n) is 3.04. The lowest BCUT2D eigenvalue weighted by molar-refractivity contribution is -0.0459. The third-order valence-corrected chi connectivity index (χ3v) is 2.11. The van der Waals surface area contributed by atoms with Crippen molar-refractivity contribution in [3.05, 3.63) is 34.9 Å². The number of rotatable bonds is 2. The molecule has 0 amide bonds. The minimum Gasteiger partial charge on any atom is -0.380 e. The van der Waals surface area contributed by atoms with Crippen LogP contribution in [-0.2, 0) is 0 Å². The van der Waals surface area contributed by atoms with Gasteiger partial charge in [0.25, 0.3) is 0 Å². The maximum Gasteiger partial charge on any atom is 0.351 e. The molecular formula is C9H7ClF4O. The molecule has 1 aromatic rings. The van der Waals surface area contributed by atoms with Crippen molar-refractivity contribution in [3.63, 3.8) is 0 Å². The number of alkyl halides is 3. The number of hydrogen-bond acceptors (Lipinski definition) is 1. The number of benzene rings is 1. The smallest absolute Gasteiger partial charge is 0.351 e. The van der Waals surface area contributed by atoms with E-state index in [0.29, 0.717) is 0 Å². The topological polar surface area (TPSA) is 20.2 Å². The van der Waals surface area contributed by atoms with Gasteiger partial charge in [-0.15, -0.1) is 0 Å². The molecule has 6 heteroatoms. The molecule has 0 saturated heterocycles. The molecule has 1 rings (SSSR count). The molecule has 0 bridgehead atoms. The van der Waals surface area contributed by atoms with Gasteiger partial charge in [0.2, 0.25) is 0 Å². The quantitative estimate of drug-likeness (QED) is 0.624. The van der Waals surface area contributed by atoms with Gasteiger partial charge in [0.15, 0.2) is 6.10 Å². The van der Waals surface area contributed by atoms with Crippen molar-refractivity contribution in [2.75, 3.05) is 0 Å². The highest BCUT2D eigenvalue weighted by atomic mass is 35.5. The van der Waals surface area contributed by atoms with Gasteiger partial charge in [-0.05, 0) is 30.2 Å². The van der Waals surface area contributed by atoms with E-state index < -0.39 is 28.7 Å². The van der Waals surface area contributed by atoms with E-state index >= 15 is 0 Å². The average Bonchev–Trinajstić information content (AvgIpc) is 2.10. The molecule has 0 fully saturated rings. The van der Waals surface area contributed by atoms with Crippen molar-refractivity contribution in [3.8, 4) is 0 Å². The zero-order chi connectivity index (χ0) is 11.8. The van der Waals surface area contributed by atoms with Crippen molar-refractivity contribution in [1.29, 1.82) is 0 Å². The normalized spacial score (nSPS) is 14.1. The van der Waals surface area contributed by atoms with Crippen LogP contribution in [0.2, 0.25) is 0 Å². The van der Waals surface area contributed by atoms with Crippen LogP contribution in [0.4, 0.5) is 17.6 Å². The summed E-state index contributed by atoms with van der Waals surface area (Å²) in [7, 11) is 0. The van der Waals surface area contributed by atoms with Gasteiger partial charge in [0.05, 0.1) is 5.56 Å². The van der Waals surface area contributed by atoms with E-state index in [1.165, 1.54) is 6.92 Å². The van der Waals surface area contributed by atoms with Crippen LogP contribution in [0.3, 0.4) is 0 Å². The van der Waals surface area contributed by atoms with Crippen LogP contribution in [0.1, 0.15) is 17.2 Å². The number of hydrogen-bond donors (Lipinski definition) is 1. The minimum absolute atomic E-state index is 0.0497. The van der Waals surface area contributed by atoms with E-state index in [1.807, 2.05) is 0 Å². The van der Waals surface area contributed by atoms with Gasteiger partial charge in [-0.2, -0.15) is 8.78 Å². The SMILES string of the molecule is Cc1ccc(F)c(C(O)C(F)(F)Cl)c1F. The van der Waals surface area contributed by atoms with Crippen LogP contribution >= 0.6 is 11.6 Å².